The first-order chi connectivity index (χ1) is 7.85. The molecule has 0 aromatic heterocycles. The van der Waals surface area contributed by atoms with Gasteiger partial charge in [-0.2, -0.15) is 0 Å². The van der Waals surface area contributed by atoms with Crippen LogP contribution in [0.4, 0.5) is 0 Å². The third-order valence-electron chi connectivity index (χ3n) is 2.53. The van der Waals surface area contributed by atoms with Crippen molar-refractivity contribution in [3.63, 3.8) is 0 Å². The highest BCUT2D eigenvalue weighted by molar-refractivity contribution is 4.98. The summed E-state index contributed by atoms with van der Waals surface area (Å²) >= 11 is 0. The van der Waals surface area contributed by atoms with Gasteiger partial charge in [0.25, 0.3) is 0 Å². The zero-order valence-electron chi connectivity index (χ0n) is 10.9. The SMILES string of the molecule is C=CC(CCCCCCC)OCC#CCC. The maximum absolute atomic E-state index is 5.61. The van der Waals surface area contributed by atoms with Gasteiger partial charge in [0.05, 0.1) is 6.10 Å². The fourth-order valence-corrected chi connectivity index (χ4v) is 1.54. The first kappa shape index (κ1) is 15.3. The van der Waals surface area contributed by atoms with Crippen molar-refractivity contribution in [2.75, 3.05) is 6.61 Å². The molecule has 0 radical (unpaired) electrons. The number of rotatable bonds is 9. The van der Waals surface area contributed by atoms with Crippen LogP contribution in [0.2, 0.25) is 0 Å². The van der Waals surface area contributed by atoms with Crippen molar-refractivity contribution in [2.45, 2.75) is 64.9 Å². The molecule has 16 heavy (non-hydrogen) atoms. The van der Waals surface area contributed by atoms with Gasteiger partial charge < -0.3 is 4.74 Å². The second kappa shape index (κ2) is 12.3. The van der Waals surface area contributed by atoms with E-state index in [9.17, 15) is 0 Å². The first-order valence-electron chi connectivity index (χ1n) is 6.55. The molecule has 0 aliphatic rings. The van der Waals surface area contributed by atoms with Crippen molar-refractivity contribution in [2.24, 2.45) is 0 Å². The van der Waals surface area contributed by atoms with Gasteiger partial charge in [0.15, 0.2) is 0 Å². The summed E-state index contributed by atoms with van der Waals surface area (Å²) in [5, 5.41) is 0. The summed E-state index contributed by atoms with van der Waals surface area (Å²) in [6, 6.07) is 0. The number of unbranched alkanes of at least 4 members (excludes halogenated alkanes) is 4. The molecule has 1 heteroatoms. The van der Waals surface area contributed by atoms with Crippen LogP contribution in [0.3, 0.4) is 0 Å². The third kappa shape index (κ3) is 9.80. The molecule has 0 bridgehead atoms. The molecule has 0 aromatic rings. The van der Waals surface area contributed by atoms with E-state index in [2.05, 4.69) is 25.3 Å². The third-order valence-corrected chi connectivity index (χ3v) is 2.53. The van der Waals surface area contributed by atoms with Crippen LogP contribution in [0.15, 0.2) is 12.7 Å². The molecule has 0 spiro atoms. The molecule has 0 saturated carbocycles. The molecule has 0 rings (SSSR count). The van der Waals surface area contributed by atoms with Gasteiger partial charge in [0.2, 0.25) is 0 Å². The van der Waals surface area contributed by atoms with E-state index < -0.39 is 0 Å². The van der Waals surface area contributed by atoms with Gasteiger partial charge in [0, 0.05) is 6.42 Å². The molecule has 0 aromatic carbocycles. The summed E-state index contributed by atoms with van der Waals surface area (Å²) in [4.78, 5) is 0. The minimum atomic E-state index is 0.188. The zero-order valence-corrected chi connectivity index (χ0v) is 10.9. The lowest BCUT2D eigenvalue weighted by Gasteiger charge is -2.11. The molecule has 1 unspecified atom stereocenters. The molecule has 92 valence electrons. The van der Waals surface area contributed by atoms with E-state index in [-0.39, 0.29) is 6.10 Å². The van der Waals surface area contributed by atoms with Crippen LogP contribution in [0.25, 0.3) is 0 Å². The summed E-state index contributed by atoms with van der Waals surface area (Å²) in [5.74, 6) is 5.99. The van der Waals surface area contributed by atoms with Crippen LogP contribution in [0.5, 0.6) is 0 Å². The van der Waals surface area contributed by atoms with E-state index in [0.717, 1.165) is 12.8 Å². The summed E-state index contributed by atoms with van der Waals surface area (Å²) in [7, 11) is 0. The second-order valence-electron chi connectivity index (χ2n) is 4.00. The lowest BCUT2D eigenvalue weighted by atomic mass is 10.1. The van der Waals surface area contributed by atoms with Crippen molar-refractivity contribution in [3.05, 3.63) is 12.7 Å². The molecular formula is C15H26O. The van der Waals surface area contributed by atoms with Crippen LogP contribution in [-0.4, -0.2) is 12.7 Å². The highest BCUT2D eigenvalue weighted by atomic mass is 16.5. The fraction of sp³-hybridized carbons (Fsp3) is 0.733. The summed E-state index contributed by atoms with van der Waals surface area (Å²) in [6.07, 6.45) is 10.6. The molecule has 0 saturated heterocycles. The number of hydrogen-bond acceptors (Lipinski definition) is 1. The van der Waals surface area contributed by atoms with E-state index >= 15 is 0 Å². The lowest BCUT2D eigenvalue weighted by Crippen LogP contribution is -2.09. The Morgan fingerprint density at radius 3 is 2.50 bits per heavy atom. The van der Waals surface area contributed by atoms with E-state index in [1.54, 1.807) is 0 Å². The molecular weight excluding hydrogens is 196 g/mol. The second-order valence-corrected chi connectivity index (χ2v) is 4.00. The molecule has 0 aliphatic carbocycles. The van der Waals surface area contributed by atoms with Crippen molar-refractivity contribution >= 4 is 0 Å². The summed E-state index contributed by atoms with van der Waals surface area (Å²) in [6.45, 7) is 8.63. The van der Waals surface area contributed by atoms with Crippen LogP contribution >= 0.6 is 0 Å². The average Bonchev–Trinajstić information content (AvgIpc) is 2.31. The highest BCUT2D eigenvalue weighted by Gasteiger charge is 2.02. The van der Waals surface area contributed by atoms with E-state index in [1.807, 2.05) is 13.0 Å². The quantitative estimate of drug-likeness (QED) is 0.320. The summed E-state index contributed by atoms with van der Waals surface area (Å²) in [5.41, 5.74) is 0. The largest absolute Gasteiger partial charge is 0.362 e. The Labute approximate surface area is 101 Å². The fourth-order valence-electron chi connectivity index (χ4n) is 1.54. The molecule has 0 fully saturated rings. The van der Waals surface area contributed by atoms with Crippen molar-refractivity contribution < 1.29 is 4.74 Å². The van der Waals surface area contributed by atoms with Gasteiger partial charge >= 0.3 is 0 Å². The maximum Gasteiger partial charge on any atom is 0.108 e. The topological polar surface area (TPSA) is 9.23 Å². The maximum atomic E-state index is 5.61. The van der Waals surface area contributed by atoms with Crippen LogP contribution < -0.4 is 0 Å². The molecule has 0 aliphatic heterocycles. The Kier molecular flexibility index (Phi) is 11.8. The minimum absolute atomic E-state index is 0.188. The van der Waals surface area contributed by atoms with Crippen LogP contribution in [0.1, 0.15) is 58.8 Å². The van der Waals surface area contributed by atoms with Crippen molar-refractivity contribution in [1.29, 1.82) is 0 Å². The molecule has 1 nitrogen and oxygen atoms in total. The Balaban J connectivity index is 3.47. The van der Waals surface area contributed by atoms with Gasteiger partial charge in [-0.05, 0) is 6.42 Å². The van der Waals surface area contributed by atoms with E-state index in [0.29, 0.717) is 6.61 Å². The monoisotopic (exact) mass is 222 g/mol. The van der Waals surface area contributed by atoms with Crippen LogP contribution in [-0.2, 0) is 4.74 Å². The Hall–Kier alpha value is -0.740. The van der Waals surface area contributed by atoms with Gasteiger partial charge in [-0.1, -0.05) is 57.9 Å². The van der Waals surface area contributed by atoms with E-state index in [4.69, 9.17) is 4.74 Å². The van der Waals surface area contributed by atoms with Gasteiger partial charge in [-0.25, -0.2) is 0 Å². The Morgan fingerprint density at radius 2 is 1.88 bits per heavy atom. The van der Waals surface area contributed by atoms with Crippen molar-refractivity contribution in [1.82, 2.24) is 0 Å². The molecule has 0 N–H and O–H groups in total. The van der Waals surface area contributed by atoms with Gasteiger partial charge in [-0.3, -0.25) is 0 Å². The Morgan fingerprint density at radius 1 is 1.12 bits per heavy atom. The first-order valence-corrected chi connectivity index (χ1v) is 6.55. The summed E-state index contributed by atoms with van der Waals surface area (Å²) < 4.78 is 5.61. The minimum Gasteiger partial charge on any atom is -0.362 e. The van der Waals surface area contributed by atoms with Gasteiger partial charge in [-0.15, -0.1) is 12.5 Å². The van der Waals surface area contributed by atoms with Gasteiger partial charge in [0.1, 0.15) is 6.61 Å². The smallest absolute Gasteiger partial charge is 0.108 e. The highest BCUT2D eigenvalue weighted by Crippen LogP contribution is 2.09. The predicted molar refractivity (Wildman–Crippen MR) is 71.4 cm³/mol. The standard InChI is InChI=1S/C15H26O/c1-4-7-9-10-11-13-15(6-3)16-14-12-8-5-2/h6,15H,3-5,7,9-11,13-14H2,1-2H3. The number of ether oxygens (including phenoxy) is 1. The molecule has 0 heterocycles. The Bertz CT molecular complexity index is 209. The normalized spacial score (nSPS) is 11.6. The lowest BCUT2D eigenvalue weighted by molar-refractivity contribution is 0.105. The number of hydrogen-bond donors (Lipinski definition) is 0. The van der Waals surface area contributed by atoms with E-state index in [1.165, 1.54) is 32.1 Å². The van der Waals surface area contributed by atoms with Crippen LogP contribution in [0, 0.1) is 11.8 Å². The zero-order chi connectivity index (χ0) is 12.1. The molecule has 1 atom stereocenters. The predicted octanol–water partition coefficient (Wildman–Crippen LogP) is 4.33. The average molecular weight is 222 g/mol. The molecule has 0 amide bonds. The van der Waals surface area contributed by atoms with Crippen molar-refractivity contribution in [3.8, 4) is 11.8 Å².